The van der Waals surface area contributed by atoms with Crippen molar-refractivity contribution in [1.29, 1.82) is 0 Å². The van der Waals surface area contributed by atoms with Crippen molar-refractivity contribution >= 4 is 38.0 Å². The molecule has 0 bridgehead atoms. The van der Waals surface area contributed by atoms with E-state index in [9.17, 15) is 13.2 Å². The van der Waals surface area contributed by atoms with Gasteiger partial charge in [0.15, 0.2) is 9.84 Å². The molecule has 4 rings (SSSR count). The second kappa shape index (κ2) is 8.20. The van der Waals surface area contributed by atoms with Gasteiger partial charge < -0.3 is 11.1 Å². The largest absolute Gasteiger partial charge is 0.365 e. The van der Waals surface area contributed by atoms with Crippen LogP contribution in [0.15, 0.2) is 79.0 Å². The van der Waals surface area contributed by atoms with Crippen LogP contribution in [-0.2, 0) is 15.6 Å². The van der Waals surface area contributed by atoms with Crippen molar-refractivity contribution in [3.8, 4) is 11.1 Å². The maximum Gasteiger partial charge on any atom is 0.252 e. The third-order valence-electron chi connectivity index (χ3n) is 4.87. The SMILES string of the molecule is CS(=O)(=O)Cc1cccc(-c2ccc3c(Nc4ccccc4)c(C(N)=O)cnc3c2)c1. The van der Waals surface area contributed by atoms with E-state index in [1.54, 1.807) is 6.07 Å². The molecule has 156 valence electrons. The highest BCUT2D eigenvalue weighted by Gasteiger charge is 2.14. The number of nitrogens with one attached hydrogen (secondary N) is 1. The molecule has 1 aromatic heterocycles. The number of anilines is 2. The molecule has 31 heavy (non-hydrogen) atoms. The van der Waals surface area contributed by atoms with Crippen LogP contribution in [0.1, 0.15) is 15.9 Å². The molecule has 0 aliphatic rings. The zero-order valence-corrected chi connectivity index (χ0v) is 17.7. The number of hydrogen-bond acceptors (Lipinski definition) is 5. The highest BCUT2D eigenvalue weighted by Crippen LogP contribution is 2.32. The third kappa shape index (κ3) is 4.73. The van der Waals surface area contributed by atoms with Gasteiger partial charge in [0.05, 0.1) is 22.5 Å². The summed E-state index contributed by atoms with van der Waals surface area (Å²) in [6, 6.07) is 22.7. The monoisotopic (exact) mass is 431 g/mol. The zero-order valence-electron chi connectivity index (χ0n) is 16.9. The van der Waals surface area contributed by atoms with Gasteiger partial charge in [-0.05, 0) is 34.9 Å². The lowest BCUT2D eigenvalue weighted by Crippen LogP contribution is -2.14. The molecular weight excluding hydrogens is 410 g/mol. The van der Waals surface area contributed by atoms with Crippen LogP contribution in [-0.4, -0.2) is 25.6 Å². The first-order valence-corrected chi connectivity index (χ1v) is 11.7. The first-order valence-electron chi connectivity index (χ1n) is 9.62. The van der Waals surface area contributed by atoms with Crippen LogP contribution >= 0.6 is 0 Å². The Hall–Kier alpha value is -3.71. The van der Waals surface area contributed by atoms with E-state index in [-0.39, 0.29) is 5.75 Å². The number of benzene rings is 3. The average molecular weight is 432 g/mol. The number of carbonyl (C=O) groups excluding carboxylic acids is 1. The summed E-state index contributed by atoms with van der Waals surface area (Å²) in [7, 11) is -3.12. The van der Waals surface area contributed by atoms with Crippen LogP contribution in [0, 0.1) is 0 Å². The minimum atomic E-state index is -3.12. The van der Waals surface area contributed by atoms with Crippen LogP contribution in [0.3, 0.4) is 0 Å². The molecule has 0 aliphatic carbocycles. The lowest BCUT2D eigenvalue weighted by molar-refractivity contribution is 0.100. The molecule has 0 unspecified atom stereocenters. The Morgan fingerprint density at radius 2 is 1.71 bits per heavy atom. The fourth-order valence-corrected chi connectivity index (χ4v) is 4.29. The summed E-state index contributed by atoms with van der Waals surface area (Å²) in [6.45, 7) is 0. The standard InChI is InChI=1S/C24H21N3O3S/c1-31(29,30)15-16-6-5-7-17(12-16)18-10-11-20-22(13-18)26-14-21(24(25)28)23(20)27-19-8-3-2-4-9-19/h2-14H,15H2,1H3,(H2,25,28)(H,26,27). The highest BCUT2D eigenvalue weighted by atomic mass is 32.2. The first-order chi connectivity index (χ1) is 14.8. The van der Waals surface area contributed by atoms with Crippen molar-refractivity contribution in [2.24, 2.45) is 5.73 Å². The summed E-state index contributed by atoms with van der Waals surface area (Å²) in [5.74, 6) is -0.579. The number of hydrogen-bond donors (Lipinski definition) is 2. The number of pyridine rings is 1. The van der Waals surface area contributed by atoms with Gasteiger partial charge in [0.2, 0.25) is 0 Å². The van der Waals surface area contributed by atoms with Gasteiger partial charge in [0.1, 0.15) is 0 Å². The van der Waals surface area contributed by atoms with Gasteiger partial charge in [-0.1, -0.05) is 54.6 Å². The molecule has 0 radical (unpaired) electrons. The number of fused-ring (bicyclic) bond motifs is 1. The molecule has 0 aliphatic heterocycles. The number of amides is 1. The molecular formula is C24H21N3O3S. The molecule has 3 N–H and O–H groups in total. The van der Waals surface area contributed by atoms with Crippen LogP contribution in [0.5, 0.6) is 0 Å². The number of nitrogens with two attached hydrogens (primary N) is 1. The molecule has 0 saturated heterocycles. The number of sulfone groups is 1. The summed E-state index contributed by atoms with van der Waals surface area (Å²) >= 11 is 0. The molecule has 4 aromatic rings. The number of para-hydroxylation sites is 1. The molecule has 0 fully saturated rings. The molecule has 7 heteroatoms. The molecule has 0 saturated carbocycles. The second-order valence-corrected chi connectivity index (χ2v) is 9.54. The van der Waals surface area contributed by atoms with Gasteiger partial charge in [-0.15, -0.1) is 0 Å². The van der Waals surface area contributed by atoms with Crippen LogP contribution < -0.4 is 11.1 Å². The second-order valence-electron chi connectivity index (χ2n) is 7.40. The topological polar surface area (TPSA) is 102 Å². The van der Waals surface area contributed by atoms with Crippen molar-refractivity contribution in [2.75, 3.05) is 11.6 Å². The van der Waals surface area contributed by atoms with Crippen molar-refractivity contribution in [2.45, 2.75) is 5.75 Å². The zero-order chi connectivity index (χ0) is 22.0. The van der Waals surface area contributed by atoms with Crippen LogP contribution in [0.4, 0.5) is 11.4 Å². The van der Waals surface area contributed by atoms with Crippen molar-refractivity contribution < 1.29 is 13.2 Å². The molecule has 1 heterocycles. The van der Waals surface area contributed by atoms with E-state index in [0.717, 1.165) is 27.8 Å². The minimum absolute atomic E-state index is 0.0141. The van der Waals surface area contributed by atoms with Crippen molar-refractivity contribution in [3.63, 3.8) is 0 Å². The minimum Gasteiger partial charge on any atom is -0.365 e. The molecule has 0 atom stereocenters. The fourth-order valence-electron chi connectivity index (χ4n) is 3.50. The summed E-state index contributed by atoms with van der Waals surface area (Å²) in [6.07, 6.45) is 2.69. The number of primary amides is 1. The summed E-state index contributed by atoms with van der Waals surface area (Å²) < 4.78 is 23.3. The normalized spacial score (nSPS) is 11.4. The Morgan fingerprint density at radius 3 is 2.42 bits per heavy atom. The van der Waals surface area contributed by atoms with Gasteiger partial charge in [-0.25, -0.2) is 8.42 Å². The van der Waals surface area contributed by atoms with Crippen molar-refractivity contribution in [3.05, 3.63) is 90.1 Å². The molecule has 3 aromatic carbocycles. The van der Waals surface area contributed by atoms with E-state index in [2.05, 4.69) is 10.3 Å². The Labute approximate surface area is 180 Å². The number of carbonyl (C=O) groups is 1. The lowest BCUT2D eigenvalue weighted by Gasteiger charge is -2.14. The lowest BCUT2D eigenvalue weighted by atomic mass is 10.0. The Balaban J connectivity index is 1.79. The van der Waals surface area contributed by atoms with Gasteiger partial charge >= 0.3 is 0 Å². The van der Waals surface area contributed by atoms with E-state index < -0.39 is 15.7 Å². The first kappa shape index (κ1) is 20.6. The predicted octanol–water partition coefficient (Wildman–Crippen LogP) is 4.29. The van der Waals surface area contributed by atoms with E-state index in [1.165, 1.54) is 12.5 Å². The average Bonchev–Trinajstić information content (AvgIpc) is 2.73. The Morgan fingerprint density at radius 1 is 0.968 bits per heavy atom. The maximum absolute atomic E-state index is 12.0. The fraction of sp³-hybridized carbons (Fsp3) is 0.0833. The highest BCUT2D eigenvalue weighted by molar-refractivity contribution is 7.89. The van der Waals surface area contributed by atoms with Crippen LogP contribution in [0.2, 0.25) is 0 Å². The van der Waals surface area contributed by atoms with E-state index in [4.69, 9.17) is 5.73 Å². The smallest absolute Gasteiger partial charge is 0.252 e. The summed E-state index contributed by atoms with van der Waals surface area (Å²) in [5.41, 5.74) is 10.5. The van der Waals surface area contributed by atoms with E-state index in [0.29, 0.717) is 16.8 Å². The molecule has 0 spiro atoms. The summed E-state index contributed by atoms with van der Waals surface area (Å²) in [4.78, 5) is 16.4. The number of aromatic nitrogens is 1. The molecule has 6 nitrogen and oxygen atoms in total. The van der Waals surface area contributed by atoms with Crippen LogP contribution in [0.25, 0.3) is 22.0 Å². The van der Waals surface area contributed by atoms with Crippen molar-refractivity contribution in [1.82, 2.24) is 4.98 Å². The Kier molecular flexibility index (Phi) is 5.44. The maximum atomic E-state index is 12.0. The van der Waals surface area contributed by atoms with E-state index >= 15 is 0 Å². The quantitative estimate of drug-likeness (QED) is 0.474. The summed E-state index contributed by atoms with van der Waals surface area (Å²) in [5, 5.41) is 4.04. The van der Waals surface area contributed by atoms with E-state index in [1.807, 2.05) is 66.7 Å². The third-order valence-corrected chi connectivity index (χ3v) is 5.72. The van der Waals surface area contributed by atoms with Gasteiger partial charge in [-0.3, -0.25) is 9.78 Å². The Bertz CT molecular complexity index is 1380. The van der Waals surface area contributed by atoms with Gasteiger partial charge in [0.25, 0.3) is 5.91 Å². The van der Waals surface area contributed by atoms with Gasteiger partial charge in [0, 0.05) is 23.5 Å². The molecule has 1 amide bonds. The number of nitrogens with zero attached hydrogens (tertiary/aromatic N) is 1. The van der Waals surface area contributed by atoms with Gasteiger partial charge in [-0.2, -0.15) is 0 Å². The number of rotatable bonds is 6. The predicted molar refractivity (Wildman–Crippen MR) is 124 cm³/mol.